The van der Waals surface area contributed by atoms with Crippen molar-refractivity contribution in [3.05, 3.63) is 0 Å². The maximum atomic E-state index is 10.2. The van der Waals surface area contributed by atoms with Gasteiger partial charge in [0.15, 0.2) is 0 Å². The topological polar surface area (TPSA) is 32.7 Å². The predicted octanol–water partition coefficient (Wildman–Crippen LogP) is 2.04. The van der Waals surface area contributed by atoms with Gasteiger partial charge in [-0.3, -0.25) is 4.90 Å². The molecule has 1 aliphatic heterocycles. The van der Waals surface area contributed by atoms with E-state index in [0.717, 1.165) is 38.6 Å². The van der Waals surface area contributed by atoms with E-state index in [9.17, 15) is 5.11 Å². The standard InChI is InChI=1S/C14H27NO2/c1-2-15-9-10-17-14(11-15)13(16)8-7-12-5-3-4-6-12/h12-14,16H,2-11H2,1H3. The molecule has 2 fully saturated rings. The van der Waals surface area contributed by atoms with Crippen LogP contribution in [0.5, 0.6) is 0 Å². The first-order chi connectivity index (χ1) is 8.29. The van der Waals surface area contributed by atoms with Crippen molar-refractivity contribution in [2.75, 3.05) is 26.2 Å². The fourth-order valence-electron chi connectivity index (χ4n) is 3.14. The lowest BCUT2D eigenvalue weighted by atomic mass is 9.97. The van der Waals surface area contributed by atoms with E-state index in [1.807, 2.05) is 0 Å². The van der Waals surface area contributed by atoms with Crippen LogP contribution >= 0.6 is 0 Å². The lowest BCUT2D eigenvalue weighted by Crippen LogP contribution is -2.47. The van der Waals surface area contributed by atoms with Crippen molar-refractivity contribution >= 4 is 0 Å². The zero-order valence-corrected chi connectivity index (χ0v) is 11.1. The van der Waals surface area contributed by atoms with Crippen molar-refractivity contribution in [3.63, 3.8) is 0 Å². The maximum Gasteiger partial charge on any atom is 0.0960 e. The Hall–Kier alpha value is -0.120. The average Bonchev–Trinajstić information content (AvgIpc) is 2.89. The number of rotatable bonds is 5. The molecule has 0 bridgehead atoms. The largest absolute Gasteiger partial charge is 0.390 e. The maximum absolute atomic E-state index is 10.2. The Labute approximate surface area is 105 Å². The predicted molar refractivity (Wildman–Crippen MR) is 69.1 cm³/mol. The minimum atomic E-state index is -0.259. The molecule has 0 aromatic carbocycles. The van der Waals surface area contributed by atoms with Crippen LogP contribution in [0.2, 0.25) is 0 Å². The highest BCUT2D eigenvalue weighted by Gasteiger charge is 2.27. The summed E-state index contributed by atoms with van der Waals surface area (Å²) in [6.45, 7) is 5.94. The minimum Gasteiger partial charge on any atom is -0.390 e. The van der Waals surface area contributed by atoms with E-state index < -0.39 is 0 Å². The summed E-state index contributed by atoms with van der Waals surface area (Å²) in [5.41, 5.74) is 0. The van der Waals surface area contributed by atoms with Crippen molar-refractivity contribution in [1.82, 2.24) is 4.90 Å². The summed E-state index contributed by atoms with van der Waals surface area (Å²) >= 11 is 0. The highest BCUT2D eigenvalue weighted by Crippen LogP contribution is 2.29. The molecule has 0 aromatic heterocycles. The van der Waals surface area contributed by atoms with E-state index >= 15 is 0 Å². The van der Waals surface area contributed by atoms with Gasteiger partial charge < -0.3 is 9.84 Å². The molecule has 2 atom stereocenters. The average molecular weight is 241 g/mol. The summed E-state index contributed by atoms with van der Waals surface area (Å²) in [6, 6.07) is 0. The molecule has 2 rings (SSSR count). The molecule has 0 aromatic rings. The molecule has 2 aliphatic rings. The molecule has 100 valence electrons. The van der Waals surface area contributed by atoms with Crippen molar-refractivity contribution in [3.8, 4) is 0 Å². The molecule has 1 saturated heterocycles. The first-order valence-corrected chi connectivity index (χ1v) is 7.31. The third kappa shape index (κ3) is 3.94. The normalized spacial score (nSPS) is 29.6. The fourth-order valence-corrected chi connectivity index (χ4v) is 3.14. The van der Waals surface area contributed by atoms with Gasteiger partial charge in [-0.15, -0.1) is 0 Å². The van der Waals surface area contributed by atoms with Crippen LogP contribution in [-0.2, 0) is 4.74 Å². The molecule has 0 amide bonds. The summed E-state index contributed by atoms with van der Waals surface area (Å²) in [4.78, 5) is 2.37. The zero-order chi connectivity index (χ0) is 12.1. The molecule has 2 unspecified atom stereocenters. The number of hydrogen-bond acceptors (Lipinski definition) is 3. The number of likely N-dealkylation sites (N-methyl/N-ethyl adjacent to an activating group) is 1. The van der Waals surface area contributed by atoms with E-state index in [0.29, 0.717) is 0 Å². The Bertz CT molecular complexity index is 216. The second kappa shape index (κ2) is 6.72. The molecule has 1 heterocycles. The van der Waals surface area contributed by atoms with Gasteiger partial charge in [-0.1, -0.05) is 32.6 Å². The van der Waals surface area contributed by atoms with Gasteiger partial charge in [0.05, 0.1) is 18.8 Å². The van der Waals surface area contributed by atoms with E-state index in [-0.39, 0.29) is 12.2 Å². The number of morpholine rings is 1. The highest BCUT2D eigenvalue weighted by atomic mass is 16.5. The van der Waals surface area contributed by atoms with Crippen molar-refractivity contribution in [2.24, 2.45) is 5.92 Å². The van der Waals surface area contributed by atoms with Gasteiger partial charge in [0.25, 0.3) is 0 Å². The number of nitrogens with zero attached hydrogens (tertiary/aromatic N) is 1. The molecule has 1 saturated carbocycles. The van der Waals surface area contributed by atoms with Gasteiger partial charge in [0.1, 0.15) is 0 Å². The zero-order valence-electron chi connectivity index (χ0n) is 11.1. The smallest absolute Gasteiger partial charge is 0.0960 e. The number of aliphatic hydroxyl groups is 1. The SMILES string of the molecule is CCN1CCOC(C(O)CCC2CCCC2)C1. The van der Waals surface area contributed by atoms with Crippen LogP contribution in [-0.4, -0.2) is 48.5 Å². The van der Waals surface area contributed by atoms with E-state index in [2.05, 4.69) is 11.8 Å². The van der Waals surface area contributed by atoms with Crippen LogP contribution in [0.25, 0.3) is 0 Å². The van der Waals surface area contributed by atoms with Crippen LogP contribution in [0.15, 0.2) is 0 Å². The Kier molecular flexibility index (Phi) is 5.26. The quantitative estimate of drug-likeness (QED) is 0.799. The fraction of sp³-hybridized carbons (Fsp3) is 1.00. The molecule has 1 N–H and O–H groups in total. The van der Waals surface area contributed by atoms with Crippen molar-refractivity contribution < 1.29 is 9.84 Å². The number of aliphatic hydroxyl groups excluding tert-OH is 1. The van der Waals surface area contributed by atoms with Gasteiger partial charge in [-0.25, -0.2) is 0 Å². The summed E-state index contributed by atoms with van der Waals surface area (Å²) in [6.07, 6.45) is 7.43. The molecule has 0 spiro atoms. The van der Waals surface area contributed by atoms with E-state index in [1.165, 1.54) is 32.1 Å². The summed E-state index contributed by atoms with van der Waals surface area (Å²) in [5.74, 6) is 0.871. The molecule has 3 nitrogen and oxygen atoms in total. The van der Waals surface area contributed by atoms with Crippen LogP contribution in [0.3, 0.4) is 0 Å². The Balaban J connectivity index is 1.68. The van der Waals surface area contributed by atoms with Gasteiger partial charge >= 0.3 is 0 Å². The third-order valence-electron chi connectivity index (χ3n) is 4.40. The van der Waals surface area contributed by atoms with Crippen LogP contribution in [0, 0.1) is 5.92 Å². The monoisotopic (exact) mass is 241 g/mol. The Morgan fingerprint density at radius 3 is 2.82 bits per heavy atom. The molecule has 17 heavy (non-hydrogen) atoms. The van der Waals surface area contributed by atoms with E-state index in [1.54, 1.807) is 0 Å². The van der Waals surface area contributed by atoms with Crippen LogP contribution < -0.4 is 0 Å². The summed E-state index contributed by atoms with van der Waals surface area (Å²) in [5, 5.41) is 10.2. The van der Waals surface area contributed by atoms with Gasteiger partial charge in [-0.2, -0.15) is 0 Å². The molecule has 3 heteroatoms. The summed E-state index contributed by atoms with van der Waals surface area (Å²) < 4.78 is 5.70. The second-order valence-corrected chi connectivity index (χ2v) is 5.60. The molecule has 0 radical (unpaired) electrons. The third-order valence-corrected chi connectivity index (χ3v) is 4.40. The lowest BCUT2D eigenvalue weighted by Gasteiger charge is -2.34. The Morgan fingerprint density at radius 2 is 2.12 bits per heavy atom. The number of ether oxygens (including phenoxy) is 1. The second-order valence-electron chi connectivity index (χ2n) is 5.60. The van der Waals surface area contributed by atoms with Crippen molar-refractivity contribution in [1.29, 1.82) is 0 Å². The van der Waals surface area contributed by atoms with Gasteiger partial charge in [0, 0.05) is 13.1 Å². The highest BCUT2D eigenvalue weighted by molar-refractivity contribution is 4.79. The molecule has 1 aliphatic carbocycles. The first kappa shape index (κ1) is 13.3. The molecular weight excluding hydrogens is 214 g/mol. The van der Waals surface area contributed by atoms with Crippen LogP contribution in [0.4, 0.5) is 0 Å². The summed E-state index contributed by atoms with van der Waals surface area (Å²) in [7, 11) is 0. The first-order valence-electron chi connectivity index (χ1n) is 7.31. The van der Waals surface area contributed by atoms with Crippen LogP contribution in [0.1, 0.15) is 45.4 Å². The van der Waals surface area contributed by atoms with Gasteiger partial charge in [0.2, 0.25) is 0 Å². The Morgan fingerprint density at radius 1 is 1.35 bits per heavy atom. The van der Waals surface area contributed by atoms with Gasteiger partial charge in [-0.05, 0) is 25.3 Å². The van der Waals surface area contributed by atoms with Crippen molar-refractivity contribution in [2.45, 2.75) is 57.7 Å². The molecular formula is C14H27NO2. The minimum absolute atomic E-state index is 0.0464. The van der Waals surface area contributed by atoms with E-state index in [4.69, 9.17) is 4.74 Å². The number of hydrogen-bond donors (Lipinski definition) is 1. The lowest BCUT2D eigenvalue weighted by molar-refractivity contribution is -0.0904.